The van der Waals surface area contributed by atoms with Crippen LogP contribution in [0.2, 0.25) is 0 Å². The standard InChI is InChI=1S/C5H8IN3O2S/c6-2-4-8-12(10,11)5-1-3-7-9-5/h1,3,8H,2,4H2,(H,7,9). The number of H-pyrrole nitrogens is 1. The Morgan fingerprint density at radius 2 is 2.42 bits per heavy atom. The highest BCUT2D eigenvalue weighted by Crippen LogP contribution is 2.01. The second-order valence-corrected chi connectivity index (χ2v) is 4.82. The van der Waals surface area contributed by atoms with Gasteiger partial charge in [0.2, 0.25) is 0 Å². The monoisotopic (exact) mass is 301 g/mol. The Morgan fingerprint density at radius 1 is 1.67 bits per heavy atom. The van der Waals surface area contributed by atoms with Crippen LogP contribution in [-0.4, -0.2) is 29.6 Å². The zero-order valence-electron chi connectivity index (χ0n) is 6.12. The number of aromatic nitrogens is 2. The van der Waals surface area contributed by atoms with Gasteiger partial charge in [0.25, 0.3) is 10.0 Å². The highest BCUT2D eigenvalue weighted by atomic mass is 127. The molecule has 0 unspecified atom stereocenters. The number of hydrogen-bond donors (Lipinski definition) is 2. The van der Waals surface area contributed by atoms with Gasteiger partial charge in [-0.25, -0.2) is 13.1 Å². The van der Waals surface area contributed by atoms with Crippen molar-refractivity contribution in [2.45, 2.75) is 5.03 Å². The third-order valence-electron chi connectivity index (χ3n) is 1.15. The molecule has 2 N–H and O–H groups in total. The van der Waals surface area contributed by atoms with Gasteiger partial charge in [-0.1, -0.05) is 22.6 Å². The number of aromatic amines is 1. The number of halogens is 1. The SMILES string of the molecule is O=S(=O)(NCCI)c1ccn[nH]1. The van der Waals surface area contributed by atoms with Gasteiger partial charge in [-0.2, -0.15) is 5.10 Å². The summed E-state index contributed by atoms with van der Waals surface area (Å²) in [6.45, 7) is 0.432. The van der Waals surface area contributed by atoms with Crippen LogP contribution in [0.4, 0.5) is 0 Å². The molecular formula is C5H8IN3O2S. The molecule has 7 heteroatoms. The lowest BCUT2D eigenvalue weighted by Crippen LogP contribution is -2.25. The number of nitrogens with zero attached hydrogens (tertiary/aromatic N) is 1. The van der Waals surface area contributed by atoms with E-state index in [-0.39, 0.29) is 5.03 Å². The van der Waals surface area contributed by atoms with Crippen molar-refractivity contribution < 1.29 is 8.42 Å². The number of hydrogen-bond acceptors (Lipinski definition) is 3. The third kappa shape index (κ3) is 2.42. The van der Waals surface area contributed by atoms with Gasteiger partial charge in [0, 0.05) is 11.0 Å². The molecule has 0 atom stereocenters. The van der Waals surface area contributed by atoms with Crippen molar-refractivity contribution in [3.8, 4) is 0 Å². The molecule has 0 fully saturated rings. The van der Waals surface area contributed by atoms with E-state index >= 15 is 0 Å². The van der Waals surface area contributed by atoms with E-state index in [0.29, 0.717) is 6.54 Å². The molecule has 68 valence electrons. The van der Waals surface area contributed by atoms with Crippen molar-refractivity contribution in [2.24, 2.45) is 0 Å². The van der Waals surface area contributed by atoms with E-state index in [9.17, 15) is 8.42 Å². The topological polar surface area (TPSA) is 74.8 Å². The number of nitrogens with one attached hydrogen (secondary N) is 2. The molecule has 1 aromatic heterocycles. The second kappa shape index (κ2) is 4.19. The first-order chi connectivity index (χ1) is 5.67. The summed E-state index contributed by atoms with van der Waals surface area (Å²) >= 11 is 2.09. The Bertz CT molecular complexity index is 320. The first kappa shape index (κ1) is 9.93. The van der Waals surface area contributed by atoms with Crippen molar-refractivity contribution in [1.82, 2.24) is 14.9 Å². The molecule has 0 saturated carbocycles. The molecule has 0 radical (unpaired) electrons. The van der Waals surface area contributed by atoms with Crippen molar-refractivity contribution in [3.63, 3.8) is 0 Å². The van der Waals surface area contributed by atoms with Crippen LogP contribution in [-0.2, 0) is 10.0 Å². The summed E-state index contributed by atoms with van der Waals surface area (Å²) < 4.78 is 25.7. The van der Waals surface area contributed by atoms with Crippen LogP contribution < -0.4 is 4.72 Å². The van der Waals surface area contributed by atoms with E-state index in [1.165, 1.54) is 12.3 Å². The van der Waals surface area contributed by atoms with Crippen LogP contribution in [0.25, 0.3) is 0 Å². The average molecular weight is 301 g/mol. The van der Waals surface area contributed by atoms with Crippen molar-refractivity contribution in [2.75, 3.05) is 11.0 Å². The maximum Gasteiger partial charge on any atom is 0.257 e. The summed E-state index contributed by atoms with van der Waals surface area (Å²) in [4.78, 5) is 0. The Labute approximate surface area is 84.1 Å². The van der Waals surface area contributed by atoms with E-state index in [4.69, 9.17) is 0 Å². The van der Waals surface area contributed by atoms with E-state index in [1.54, 1.807) is 0 Å². The molecule has 0 aromatic carbocycles. The lowest BCUT2D eigenvalue weighted by molar-refractivity contribution is 0.580. The van der Waals surface area contributed by atoms with Gasteiger partial charge in [-0.05, 0) is 6.07 Å². The lowest BCUT2D eigenvalue weighted by Gasteiger charge is -2.00. The summed E-state index contributed by atoms with van der Waals surface area (Å²) in [6, 6.07) is 1.41. The van der Waals surface area contributed by atoms with Gasteiger partial charge in [-0.3, -0.25) is 5.10 Å². The lowest BCUT2D eigenvalue weighted by atomic mass is 10.8. The highest BCUT2D eigenvalue weighted by Gasteiger charge is 2.13. The quantitative estimate of drug-likeness (QED) is 0.613. The number of sulfonamides is 1. The first-order valence-corrected chi connectivity index (χ1v) is 6.22. The molecule has 0 bridgehead atoms. The van der Waals surface area contributed by atoms with Gasteiger partial charge >= 0.3 is 0 Å². The van der Waals surface area contributed by atoms with Crippen molar-refractivity contribution in [3.05, 3.63) is 12.3 Å². The Morgan fingerprint density at radius 3 is 2.92 bits per heavy atom. The fourth-order valence-electron chi connectivity index (χ4n) is 0.643. The maximum absolute atomic E-state index is 11.3. The summed E-state index contributed by atoms with van der Waals surface area (Å²) in [5.41, 5.74) is 0. The summed E-state index contributed by atoms with van der Waals surface area (Å²) in [7, 11) is -3.35. The van der Waals surface area contributed by atoms with Crippen LogP contribution in [0.3, 0.4) is 0 Å². The summed E-state index contributed by atoms with van der Waals surface area (Å²) in [6.07, 6.45) is 1.40. The van der Waals surface area contributed by atoms with Crippen LogP contribution >= 0.6 is 22.6 Å². The minimum Gasteiger partial charge on any atom is -0.266 e. The minimum absolute atomic E-state index is 0.104. The van der Waals surface area contributed by atoms with Crippen LogP contribution in [0.1, 0.15) is 0 Å². The molecule has 1 rings (SSSR count). The van der Waals surface area contributed by atoms with Gasteiger partial charge in [0.1, 0.15) is 0 Å². The minimum atomic E-state index is -3.35. The molecule has 0 aliphatic carbocycles. The van der Waals surface area contributed by atoms with E-state index in [2.05, 4.69) is 37.5 Å². The zero-order chi connectivity index (χ0) is 9.03. The average Bonchev–Trinajstić information content (AvgIpc) is 2.53. The smallest absolute Gasteiger partial charge is 0.257 e. The maximum atomic E-state index is 11.3. The fourth-order valence-corrected chi connectivity index (χ4v) is 2.22. The normalized spacial score (nSPS) is 11.8. The number of alkyl halides is 1. The Hall–Kier alpha value is -0.150. The van der Waals surface area contributed by atoms with Gasteiger partial charge in [-0.15, -0.1) is 0 Å². The zero-order valence-corrected chi connectivity index (χ0v) is 9.09. The molecule has 5 nitrogen and oxygen atoms in total. The van der Waals surface area contributed by atoms with E-state index in [0.717, 1.165) is 4.43 Å². The summed E-state index contributed by atoms with van der Waals surface area (Å²) in [5, 5.41) is 6.04. The molecule has 0 saturated heterocycles. The van der Waals surface area contributed by atoms with Gasteiger partial charge in [0.05, 0.1) is 6.20 Å². The largest absolute Gasteiger partial charge is 0.266 e. The predicted molar refractivity (Wildman–Crippen MR) is 52.7 cm³/mol. The van der Waals surface area contributed by atoms with Crippen LogP contribution in [0.5, 0.6) is 0 Å². The second-order valence-electron chi connectivity index (χ2n) is 2.01. The van der Waals surface area contributed by atoms with Crippen LogP contribution in [0.15, 0.2) is 17.3 Å². The summed E-state index contributed by atoms with van der Waals surface area (Å²) in [5.74, 6) is 0. The Balaban J connectivity index is 2.74. The number of rotatable bonds is 4. The van der Waals surface area contributed by atoms with E-state index in [1.807, 2.05) is 0 Å². The first-order valence-electron chi connectivity index (χ1n) is 3.22. The molecule has 1 heterocycles. The van der Waals surface area contributed by atoms with Gasteiger partial charge in [0.15, 0.2) is 5.03 Å². The predicted octanol–water partition coefficient (Wildman–Crippen LogP) is 0.123. The molecule has 0 spiro atoms. The molecular weight excluding hydrogens is 293 g/mol. The molecule has 0 aliphatic rings. The van der Waals surface area contributed by atoms with E-state index < -0.39 is 10.0 Å². The van der Waals surface area contributed by atoms with Gasteiger partial charge < -0.3 is 0 Å². The molecule has 0 amide bonds. The highest BCUT2D eigenvalue weighted by molar-refractivity contribution is 14.1. The molecule has 12 heavy (non-hydrogen) atoms. The van der Waals surface area contributed by atoms with Crippen LogP contribution in [0, 0.1) is 0 Å². The van der Waals surface area contributed by atoms with Crippen molar-refractivity contribution >= 4 is 32.6 Å². The third-order valence-corrected chi connectivity index (χ3v) is 3.08. The Kier molecular flexibility index (Phi) is 3.47. The van der Waals surface area contributed by atoms with Crippen molar-refractivity contribution in [1.29, 1.82) is 0 Å². The fraction of sp³-hybridized carbons (Fsp3) is 0.400. The molecule has 0 aliphatic heterocycles. The molecule has 1 aromatic rings.